The van der Waals surface area contributed by atoms with E-state index in [0.29, 0.717) is 32.5 Å². The number of sulfonamides is 1. The average molecular weight is 502 g/mol. The lowest BCUT2D eigenvalue weighted by Crippen LogP contribution is -2.53. The minimum absolute atomic E-state index is 0.00409. The predicted molar refractivity (Wildman–Crippen MR) is 133 cm³/mol. The predicted octanol–water partition coefficient (Wildman–Crippen LogP) is 3.09. The number of nitrogens with zero attached hydrogens (tertiary/aromatic N) is 3. The third kappa shape index (κ3) is 6.09. The Bertz CT molecular complexity index is 1150. The summed E-state index contributed by atoms with van der Waals surface area (Å²) < 4.78 is 46.8. The molecule has 0 aromatic heterocycles. The van der Waals surface area contributed by atoms with Crippen molar-refractivity contribution in [3.63, 3.8) is 0 Å². The van der Waals surface area contributed by atoms with Crippen molar-refractivity contribution in [1.29, 1.82) is 0 Å². The second-order valence-electron chi connectivity index (χ2n) is 8.94. The van der Waals surface area contributed by atoms with Crippen molar-refractivity contribution in [3.05, 3.63) is 66.0 Å². The van der Waals surface area contributed by atoms with Crippen LogP contribution in [0.3, 0.4) is 0 Å². The maximum Gasteiger partial charge on any atom is 0.246 e. The number of carbonyl (C=O) groups excluding carboxylic acids is 1. The van der Waals surface area contributed by atoms with E-state index in [1.165, 1.54) is 17.5 Å². The van der Waals surface area contributed by atoms with E-state index in [2.05, 4.69) is 29.2 Å². The van der Waals surface area contributed by atoms with Crippen molar-refractivity contribution < 1.29 is 22.3 Å². The van der Waals surface area contributed by atoms with Crippen LogP contribution in [0.5, 0.6) is 5.75 Å². The smallest absolute Gasteiger partial charge is 0.246 e. The van der Waals surface area contributed by atoms with Gasteiger partial charge >= 0.3 is 0 Å². The molecule has 0 saturated carbocycles. The van der Waals surface area contributed by atoms with E-state index in [9.17, 15) is 17.6 Å². The van der Waals surface area contributed by atoms with Gasteiger partial charge in [0.15, 0.2) is 0 Å². The summed E-state index contributed by atoms with van der Waals surface area (Å²) in [6.07, 6.45) is 5.46. The van der Waals surface area contributed by atoms with Crippen molar-refractivity contribution in [2.24, 2.45) is 5.92 Å². The molecule has 2 aliphatic heterocycles. The lowest BCUT2D eigenvalue weighted by molar-refractivity contribution is -0.138. The van der Waals surface area contributed by atoms with Crippen LogP contribution in [-0.2, 0) is 14.8 Å². The molecular formula is C26H32FN3O4S. The summed E-state index contributed by atoms with van der Waals surface area (Å²) >= 11 is 0. The highest BCUT2D eigenvalue weighted by atomic mass is 32.2. The zero-order valence-electron chi connectivity index (χ0n) is 20.0. The lowest BCUT2D eigenvalue weighted by Gasteiger charge is -2.38. The van der Waals surface area contributed by atoms with Crippen LogP contribution in [0.1, 0.15) is 18.4 Å². The first-order chi connectivity index (χ1) is 16.9. The fourth-order valence-corrected chi connectivity index (χ4v) is 6.36. The molecule has 1 amide bonds. The molecule has 2 saturated heterocycles. The Hall–Kier alpha value is -2.75. The highest BCUT2D eigenvalue weighted by Crippen LogP contribution is 2.31. The number of rotatable bonds is 7. The van der Waals surface area contributed by atoms with Gasteiger partial charge in [0.25, 0.3) is 0 Å². The SMILES string of the molecule is COc1ccc(F)cc1S(=O)(=O)N1CCC[C@H](C(=O)N2CCN(C/C=C/c3ccccc3)CC2)C1. The Morgan fingerprint density at radius 1 is 1.09 bits per heavy atom. The van der Waals surface area contributed by atoms with Crippen LogP contribution in [-0.4, -0.2) is 81.4 Å². The zero-order chi connectivity index (χ0) is 24.8. The average Bonchev–Trinajstić information content (AvgIpc) is 2.89. The van der Waals surface area contributed by atoms with Gasteiger partial charge in [-0.15, -0.1) is 0 Å². The van der Waals surface area contributed by atoms with Crippen LogP contribution in [0, 0.1) is 11.7 Å². The molecule has 188 valence electrons. The van der Waals surface area contributed by atoms with E-state index in [0.717, 1.165) is 37.3 Å². The molecule has 4 rings (SSSR count). The summed E-state index contributed by atoms with van der Waals surface area (Å²) in [5, 5.41) is 0. The molecule has 35 heavy (non-hydrogen) atoms. The summed E-state index contributed by atoms with van der Waals surface area (Å²) in [6.45, 7) is 4.02. The first-order valence-corrected chi connectivity index (χ1v) is 13.4. The Balaban J connectivity index is 1.33. The second-order valence-corrected chi connectivity index (χ2v) is 10.8. The molecule has 0 bridgehead atoms. The molecule has 2 aromatic carbocycles. The van der Waals surface area contributed by atoms with Gasteiger partial charge in [-0.3, -0.25) is 9.69 Å². The number of amides is 1. The number of benzene rings is 2. The first-order valence-electron chi connectivity index (χ1n) is 11.9. The van der Waals surface area contributed by atoms with E-state index in [1.54, 1.807) is 0 Å². The van der Waals surface area contributed by atoms with Gasteiger partial charge in [-0.1, -0.05) is 42.5 Å². The van der Waals surface area contributed by atoms with Gasteiger partial charge in [-0.05, 0) is 36.6 Å². The molecule has 2 aliphatic rings. The number of halogens is 1. The van der Waals surface area contributed by atoms with E-state index in [4.69, 9.17) is 4.74 Å². The largest absolute Gasteiger partial charge is 0.495 e. The molecular weight excluding hydrogens is 469 g/mol. The molecule has 0 unspecified atom stereocenters. The number of hydrogen-bond acceptors (Lipinski definition) is 5. The number of ether oxygens (including phenoxy) is 1. The lowest BCUT2D eigenvalue weighted by atomic mass is 9.98. The quantitative estimate of drug-likeness (QED) is 0.583. The van der Waals surface area contributed by atoms with Gasteiger partial charge in [-0.2, -0.15) is 4.31 Å². The van der Waals surface area contributed by atoms with E-state index in [1.807, 2.05) is 23.1 Å². The number of piperazine rings is 1. The second kappa shape index (κ2) is 11.3. The van der Waals surface area contributed by atoms with Crippen molar-refractivity contribution >= 4 is 22.0 Å². The summed E-state index contributed by atoms with van der Waals surface area (Å²) in [6, 6.07) is 13.6. The highest BCUT2D eigenvalue weighted by molar-refractivity contribution is 7.89. The maximum atomic E-state index is 13.8. The van der Waals surface area contributed by atoms with Gasteiger partial charge in [0, 0.05) is 45.8 Å². The normalized spacial score (nSPS) is 20.3. The number of piperidine rings is 1. The van der Waals surface area contributed by atoms with Crippen LogP contribution in [0.4, 0.5) is 4.39 Å². The van der Waals surface area contributed by atoms with Gasteiger partial charge in [0.2, 0.25) is 15.9 Å². The van der Waals surface area contributed by atoms with Crippen molar-refractivity contribution in [2.75, 3.05) is 52.9 Å². The Kier molecular flexibility index (Phi) is 8.20. The fraction of sp³-hybridized carbons (Fsp3) is 0.423. The maximum absolute atomic E-state index is 13.8. The standard InChI is InChI=1S/C26H32FN3O4S/c1-34-24-12-11-23(27)19-25(24)35(32,33)30-14-6-10-22(20-30)26(31)29-17-15-28(16-18-29)13-5-9-21-7-3-2-4-8-21/h2-5,7-9,11-12,19,22H,6,10,13-18,20H2,1H3/b9-5+/t22-/m0/s1. The highest BCUT2D eigenvalue weighted by Gasteiger charge is 2.37. The van der Waals surface area contributed by atoms with Crippen LogP contribution >= 0.6 is 0 Å². The number of methoxy groups -OCH3 is 1. The summed E-state index contributed by atoms with van der Waals surface area (Å²) in [7, 11) is -2.63. The monoisotopic (exact) mass is 501 g/mol. The minimum atomic E-state index is -3.98. The molecule has 2 heterocycles. The van der Waals surface area contributed by atoms with Gasteiger partial charge in [0.1, 0.15) is 16.5 Å². The van der Waals surface area contributed by atoms with E-state index in [-0.39, 0.29) is 23.1 Å². The number of hydrogen-bond donors (Lipinski definition) is 0. The first kappa shape index (κ1) is 25.3. The van der Waals surface area contributed by atoms with Crippen LogP contribution < -0.4 is 4.74 Å². The topological polar surface area (TPSA) is 70.2 Å². The minimum Gasteiger partial charge on any atom is -0.495 e. The fourth-order valence-electron chi connectivity index (χ4n) is 4.66. The molecule has 0 spiro atoms. The van der Waals surface area contributed by atoms with Gasteiger partial charge in [-0.25, -0.2) is 12.8 Å². The van der Waals surface area contributed by atoms with Crippen LogP contribution in [0.25, 0.3) is 6.08 Å². The molecule has 1 atom stereocenters. The van der Waals surface area contributed by atoms with Gasteiger partial charge < -0.3 is 9.64 Å². The Morgan fingerprint density at radius 3 is 2.54 bits per heavy atom. The van der Waals surface area contributed by atoms with Crippen molar-refractivity contribution in [3.8, 4) is 5.75 Å². The van der Waals surface area contributed by atoms with E-state index < -0.39 is 21.8 Å². The van der Waals surface area contributed by atoms with Crippen LogP contribution in [0.2, 0.25) is 0 Å². The zero-order valence-corrected chi connectivity index (χ0v) is 20.8. The number of carbonyl (C=O) groups is 1. The third-order valence-electron chi connectivity index (χ3n) is 6.63. The Labute approximate surface area is 206 Å². The molecule has 7 nitrogen and oxygen atoms in total. The molecule has 2 fully saturated rings. The summed E-state index contributed by atoms with van der Waals surface area (Å²) in [4.78, 5) is 17.2. The van der Waals surface area contributed by atoms with Crippen molar-refractivity contribution in [2.45, 2.75) is 17.7 Å². The van der Waals surface area contributed by atoms with Crippen LogP contribution in [0.15, 0.2) is 59.5 Å². The molecule has 0 N–H and O–H groups in total. The summed E-state index contributed by atoms with van der Waals surface area (Å²) in [5.74, 6) is -0.957. The van der Waals surface area contributed by atoms with Crippen molar-refractivity contribution in [1.82, 2.24) is 14.1 Å². The molecule has 2 aromatic rings. The Morgan fingerprint density at radius 2 is 1.83 bits per heavy atom. The molecule has 0 radical (unpaired) electrons. The van der Waals surface area contributed by atoms with E-state index >= 15 is 0 Å². The van der Waals surface area contributed by atoms with Gasteiger partial charge in [0.05, 0.1) is 13.0 Å². The molecule has 0 aliphatic carbocycles. The molecule has 9 heteroatoms. The third-order valence-corrected chi connectivity index (χ3v) is 8.52. The summed E-state index contributed by atoms with van der Waals surface area (Å²) in [5.41, 5.74) is 1.16.